The molecule has 1 saturated carbocycles. The van der Waals surface area contributed by atoms with Crippen LogP contribution in [0.4, 0.5) is 0 Å². The van der Waals surface area contributed by atoms with Crippen LogP contribution in [0, 0.1) is 11.8 Å². The summed E-state index contributed by atoms with van der Waals surface area (Å²) in [5.41, 5.74) is 5.65. The molecule has 2 rings (SSSR count). The lowest BCUT2D eigenvalue weighted by molar-refractivity contribution is -0.123. The number of hydrogen-bond acceptors (Lipinski definition) is 3. The van der Waals surface area contributed by atoms with E-state index in [0.717, 1.165) is 25.7 Å². The maximum absolute atomic E-state index is 12.0. The molecule has 2 unspecified atom stereocenters. The first kappa shape index (κ1) is 9.71. The number of rotatable bonds is 3. The number of carbonyl (C=O) groups is 1. The van der Waals surface area contributed by atoms with E-state index in [4.69, 9.17) is 10.5 Å². The Bertz CT molecular complexity index is 260. The predicted molar refractivity (Wildman–Crippen MR) is 53.5 cm³/mol. The van der Waals surface area contributed by atoms with Gasteiger partial charge in [-0.1, -0.05) is 6.42 Å². The summed E-state index contributed by atoms with van der Waals surface area (Å²) in [6.45, 7) is 1.30. The first-order valence-electron chi connectivity index (χ1n) is 5.40. The summed E-state index contributed by atoms with van der Waals surface area (Å²) in [4.78, 5) is 12.0. The summed E-state index contributed by atoms with van der Waals surface area (Å²) in [7, 11) is 0. The fraction of sp³-hybridized carbons (Fsp3) is 0.727. The van der Waals surface area contributed by atoms with Crippen LogP contribution in [0.25, 0.3) is 0 Å². The summed E-state index contributed by atoms with van der Waals surface area (Å²) >= 11 is 0. The van der Waals surface area contributed by atoms with Gasteiger partial charge in [0.1, 0.15) is 0 Å². The zero-order valence-corrected chi connectivity index (χ0v) is 8.37. The minimum absolute atomic E-state index is 0.129. The van der Waals surface area contributed by atoms with Gasteiger partial charge in [-0.25, -0.2) is 0 Å². The van der Waals surface area contributed by atoms with Crippen LogP contribution in [-0.4, -0.2) is 18.9 Å². The van der Waals surface area contributed by atoms with E-state index >= 15 is 0 Å². The molecule has 1 aliphatic carbocycles. The predicted octanol–water partition coefficient (Wildman–Crippen LogP) is 1.23. The molecule has 0 bridgehead atoms. The highest BCUT2D eigenvalue weighted by Crippen LogP contribution is 2.34. The van der Waals surface area contributed by atoms with Gasteiger partial charge in [0.25, 0.3) is 0 Å². The van der Waals surface area contributed by atoms with E-state index in [1.165, 1.54) is 0 Å². The van der Waals surface area contributed by atoms with E-state index < -0.39 is 0 Å². The van der Waals surface area contributed by atoms with Crippen LogP contribution in [-0.2, 0) is 9.53 Å². The molecule has 0 amide bonds. The van der Waals surface area contributed by atoms with Crippen LogP contribution >= 0.6 is 0 Å². The average molecular weight is 195 g/mol. The second-order valence-electron chi connectivity index (χ2n) is 4.10. The molecule has 2 aliphatic rings. The lowest BCUT2D eigenvalue weighted by Gasteiger charge is -2.16. The second kappa shape index (κ2) is 4.13. The molecule has 0 aromatic carbocycles. The van der Waals surface area contributed by atoms with Crippen LogP contribution in [0.15, 0.2) is 11.8 Å². The van der Waals surface area contributed by atoms with Gasteiger partial charge in [0.2, 0.25) is 0 Å². The smallest absolute Gasteiger partial charge is 0.200 e. The van der Waals surface area contributed by atoms with Crippen molar-refractivity contribution >= 4 is 5.78 Å². The maximum atomic E-state index is 12.0. The van der Waals surface area contributed by atoms with E-state index in [1.54, 1.807) is 0 Å². The highest BCUT2D eigenvalue weighted by Gasteiger charge is 2.34. The van der Waals surface area contributed by atoms with Gasteiger partial charge in [-0.15, -0.1) is 0 Å². The number of nitrogens with two attached hydrogens (primary N) is 1. The number of allylic oxidation sites excluding steroid dienone is 1. The lowest BCUT2D eigenvalue weighted by Crippen LogP contribution is -2.26. The highest BCUT2D eigenvalue weighted by molar-refractivity contribution is 5.96. The lowest BCUT2D eigenvalue weighted by atomic mass is 9.91. The molecule has 2 atom stereocenters. The van der Waals surface area contributed by atoms with Crippen molar-refractivity contribution in [3.8, 4) is 0 Å². The molecule has 0 aromatic rings. The van der Waals surface area contributed by atoms with Crippen molar-refractivity contribution in [3.05, 3.63) is 11.8 Å². The van der Waals surface area contributed by atoms with Gasteiger partial charge in [-0.05, 0) is 31.4 Å². The van der Waals surface area contributed by atoms with Gasteiger partial charge in [-0.3, -0.25) is 4.79 Å². The standard InChI is InChI=1S/C11H17NO2/c12-7-8-3-1-4-9(8)11(13)10-5-2-6-14-10/h5,8-9H,1-4,6-7,12H2. The van der Waals surface area contributed by atoms with Crippen molar-refractivity contribution in [2.45, 2.75) is 25.7 Å². The Morgan fingerprint density at radius 2 is 2.43 bits per heavy atom. The summed E-state index contributed by atoms with van der Waals surface area (Å²) < 4.78 is 5.29. The molecule has 1 fully saturated rings. The van der Waals surface area contributed by atoms with Crippen molar-refractivity contribution in [1.29, 1.82) is 0 Å². The zero-order valence-electron chi connectivity index (χ0n) is 8.37. The Balaban J connectivity index is 2.03. The summed E-state index contributed by atoms with van der Waals surface area (Å²) in [5, 5.41) is 0. The normalized spacial score (nSPS) is 31.4. The van der Waals surface area contributed by atoms with E-state index in [0.29, 0.717) is 24.8 Å². The largest absolute Gasteiger partial charge is 0.490 e. The molecule has 78 valence electrons. The molecular weight excluding hydrogens is 178 g/mol. The Morgan fingerprint density at radius 1 is 1.57 bits per heavy atom. The van der Waals surface area contributed by atoms with Gasteiger partial charge < -0.3 is 10.5 Å². The fourth-order valence-electron chi connectivity index (χ4n) is 2.44. The van der Waals surface area contributed by atoms with E-state index in [-0.39, 0.29) is 11.7 Å². The van der Waals surface area contributed by atoms with Gasteiger partial charge in [0.05, 0.1) is 6.61 Å². The topological polar surface area (TPSA) is 52.3 Å². The Morgan fingerprint density at radius 3 is 3.07 bits per heavy atom. The monoisotopic (exact) mass is 195 g/mol. The Hall–Kier alpha value is -0.830. The third-order valence-electron chi connectivity index (χ3n) is 3.25. The van der Waals surface area contributed by atoms with E-state index in [9.17, 15) is 4.79 Å². The third-order valence-corrected chi connectivity index (χ3v) is 3.25. The van der Waals surface area contributed by atoms with Crippen molar-refractivity contribution in [2.75, 3.05) is 13.2 Å². The van der Waals surface area contributed by atoms with Crippen LogP contribution < -0.4 is 5.73 Å². The van der Waals surface area contributed by atoms with Crippen molar-refractivity contribution in [1.82, 2.24) is 0 Å². The first-order chi connectivity index (χ1) is 6.83. The molecule has 3 heteroatoms. The van der Waals surface area contributed by atoms with E-state index in [1.807, 2.05) is 6.08 Å². The number of hydrogen-bond donors (Lipinski definition) is 1. The van der Waals surface area contributed by atoms with Gasteiger partial charge in [0.15, 0.2) is 11.5 Å². The molecule has 0 saturated heterocycles. The minimum Gasteiger partial charge on any atom is -0.490 e. The minimum atomic E-state index is 0.129. The van der Waals surface area contributed by atoms with E-state index in [2.05, 4.69) is 0 Å². The quantitative estimate of drug-likeness (QED) is 0.737. The van der Waals surface area contributed by atoms with Crippen LogP contribution in [0.2, 0.25) is 0 Å². The number of carbonyl (C=O) groups excluding carboxylic acids is 1. The summed E-state index contributed by atoms with van der Waals surface area (Å²) in [6.07, 6.45) is 6.00. The van der Waals surface area contributed by atoms with Crippen LogP contribution in [0.5, 0.6) is 0 Å². The average Bonchev–Trinajstić information content (AvgIpc) is 2.87. The molecule has 1 aliphatic heterocycles. The molecule has 1 heterocycles. The van der Waals surface area contributed by atoms with Gasteiger partial charge in [0, 0.05) is 12.3 Å². The Kier molecular flexibility index (Phi) is 2.87. The molecule has 2 N–H and O–H groups in total. The first-order valence-corrected chi connectivity index (χ1v) is 5.40. The second-order valence-corrected chi connectivity index (χ2v) is 4.10. The van der Waals surface area contributed by atoms with Crippen molar-refractivity contribution < 1.29 is 9.53 Å². The zero-order chi connectivity index (χ0) is 9.97. The van der Waals surface area contributed by atoms with Crippen LogP contribution in [0.3, 0.4) is 0 Å². The summed E-state index contributed by atoms with van der Waals surface area (Å²) in [5.74, 6) is 1.29. The SMILES string of the molecule is NCC1CCCC1C(=O)C1=CCCO1. The van der Waals surface area contributed by atoms with Gasteiger partial charge >= 0.3 is 0 Å². The number of Topliss-reactive ketones (excluding diaryl/α,β-unsaturated/α-hetero) is 1. The third kappa shape index (κ3) is 1.69. The molecule has 0 spiro atoms. The molecule has 0 aromatic heterocycles. The van der Waals surface area contributed by atoms with Crippen LogP contribution in [0.1, 0.15) is 25.7 Å². The molecular formula is C11H17NO2. The van der Waals surface area contributed by atoms with Crippen molar-refractivity contribution in [3.63, 3.8) is 0 Å². The summed E-state index contributed by atoms with van der Waals surface area (Å²) in [6, 6.07) is 0. The molecule has 0 radical (unpaired) electrons. The molecule has 3 nitrogen and oxygen atoms in total. The van der Waals surface area contributed by atoms with Crippen molar-refractivity contribution in [2.24, 2.45) is 17.6 Å². The maximum Gasteiger partial charge on any atom is 0.200 e. The Labute approximate surface area is 84.3 Å². The van der Waals surface area contributed by atoms with Gasteiger partial charge in [-0.2, -0.15) is 0 Å². The number of ether oxygens (including phenoxy) is 1. The fourth-order valence-corrected chi connectivity index (χ4v) is 2.44. The molecule has 14 heavy (non-hydrogen) atoms. The number of ketones is 1. The highest BCUT2D eigenvalue weighted by atomic mass is 16.5.